The summed E-state index contributed by atoms with van der Waals surface area (Å²) in [6, 6.07) is 0. The Bertz CT molecular complexity index is 103. The van der Waals surface area contributed by atoms with E-state index in [0.717, 1.165) is 26.1 Å². The monoisotopic (exact) mass is 157 g/mol. The molecule has 1 saturated heterocycles. The summed E-state index contributed by atoms with van der Waals surface area (Å²) < 4.78 is 5.76. The van der Waals surface area contributed by atoms with E-state index >= 15 is 0 Å². The van der Waals surface area contributed by atoms with Gasteiger partial charge in [0.15, 0.2) is 0 Å². The van der Waals surface area contributed by atoms with Crippen LogP contribution in [0.3, 0.4) is 0 Å². The van der Waals surface area contributed by atoms with E-state index in [4.69, 9.17) is 4.74 Å². The second kappa shape index (κ2) is 4.07. The van der Waals surface area contributed by atoms with E-state index in [9.17, 15) is 0 Å². The third-order valence-electron chi connectivity index (χ3n) is 2.53. The van der Waals surface area contributed by atoms with Crippen molar-refractivity contribution >= 4 is 0 Å². The Hall–Kier alpha value is -0.0800. The van der Waals surface area contributed by atoms with E-state index in [0.29, 0.717) is 0 Å². The fourth-order valence-electron chi connectivity index (χ4n) is 1.77. The molecule has 1 fully saturated rings. The van der Waals surface area contributed by atoms with Gasteiger partial charge in [0.05, 0.1) is 5.60 Å². The van der Waals surface area contributed by atoms with E-state index in [1.807, 2.05) is 0 Å². The Labute approximate surface area is 69.3 Å². The smallest absolute Gasteiger partial charge is 0.0803 e. The minimum absolute atomic E-state index is 0.160. The molecule has 0 aromatic rings. The maximum atomic E-state index is 5.76. The Kier molecular flexibility index (Phi) is 3.34. The van der Waals surface area contributed by atoms with Gasteiger partial charge in [-0.25, -0.2) is 0 Å². The van der Waals surface area contributed by atoms with Crippen molar-refractivity contribution in [3.8, 4) is 0 Å². The molecule has 0 spiro atoms. The van der Waals surface area contributed by atoms with Gasteiger partial charge in [-0.05, 0) is 32.7 Å². The maximum absolute atomic E-state index is 5.76. The number of hydrogen-bond acceptors (Lipinski definition) is 2. The number of piperidine rings is 1. The first kappa shape index (κ1) is 9.01. The number of hydrogen-bond donors (Lipinski definition) is 1. The minimum atomic E-state index is 0.160. The molecule has 1 aliphatic rings. The van der Waals surface area contributed by atoms with Crippen LogP contribution < -0.4 is 5.32 Å². The first-order valence-corrected chi connectivity index (χ1v) is 4.67. The van der Waals surface area contributed by atoms with Gasteiger partial charge in [-0.1, -0.05) is 6.92 Å². The molecule has 2 heteroatoms. The zero-order valence-corrected chi connectivity index (χ0v) is 7.65. The Morgan fingerprint density at radius 2 is 2.27 bits per heavy atom. The highest BCUT2D eigenvalue weighted by Gasteiger charge is 2.29. The zero-order chi connectivity index (χ0) is 8.16. The van der Waals surface area contributed by atoms with Crippen LogP contribution in [0, 0.1) is 0 Å². The molecule has 66 valence electrons. The van der Waals surface area contributed by atoms with Gasteiger partial charge in [-0.2, -0.15) is 0 Å². The van der Waals surface area contributed by atoms with Crippen molar-refractivity contribution in [1.82, 2.24) is 5.32 Å². The predicted molar refractivity (Wildman–Crippen MR) is 46.8 cm³/mol. The lowest BCUT2D eigenvalue weighted by Crippen LogP contribution is -2.47. The van der Waals surface area contributed by atoms with Gasteiger partial charge in [0.2, 0.25) is 0 Å². The summed E-state index contributed by atoms with van der Waals surface area (Å²) in [6.45, 7) is 7.33. The van der Waals surface area contributed by atoms with E-state index in [1.54, 1.807) is 0 Å². The quantitative estimate of drug-likeness (QED) is 0.671. The van der Waals surface area contributed by atoms with E-state index in [2.05, 4.69) is 19.2 Å². The molecular formula is C9H19NO. The van der Waals surface area contributed by atoms with Gasteiger partial charge in [-0.15, -0.1) is 0 Å². The third kappa shape index (κ3) is 2.17. The van der Waals surface area contributed by atoms with Crippen LogP contribution in [0.4, 0.5) is 0 Å². The molecule has 0 aromatic heterocycles. The van der Waals surface area contributed by atoms with Gasteiger partial charge in [0.25, 0.3) is 0 Å². The summed E-state index contributed by atoms with van der Waals surface area (Å²) in [5, 5.41) is 3.39. The Morgan fingerprint density at radius 1 is 1.45 bits per heavy atom. The van der Waals surface area contributed by atoms with Crippen LogP contribution in [0.25, 0.3) is 0 Å². The molecule has 2 nitrogen and oxygen atoms in total. The van der Waals surface area contributed by atoms with Crippen LogP contribution in [0.1, 0.15) is 33.1 Å². The summed E-state index contributed by atoms with van der Waals surface area (Å²) in [5.74, 6) is 0. The van der Waals surface area contributed by atoms with Crippen molar-refractivity contribution in [1.29, 1.82) is 0 Å². The van der Waals surface area contributed by atoms with Crippen LogP contribution in [0.2, 0.25) is 0 Å². The van der Waals surface area contributed by atoms with E-state index < -0.39 is 0 Å². The van der Waals surface area contributed by atoms with Gasteiger partial charge < -0.3 is 10.1 Å². The molecule has 0 radical (unpaired) electrons. The first-order chi connectivity index (χ1) is 5.33. The second-order valence-corrected chi connectivity index (χ2v) is 3.25. The first-order valence-electron chi connectivity index (χ1n) is 4.67. The number of rotatable bonds is 3. The molecule has 1 unspecified atom stereocenters. The normalized spacial score (nSPS) is 32.2. The van der Waals surface area contributed by atoms with Crippen LogP contribution in [0.15, 0.2) is 0 Å². The van der Waals surface area contributed by atoms with Gasteiger partial charge in [0, 0.05) is 13.2 Å². The molecule has 1 rings (SSSR count). The summed E-state index contributed by atoms with van der Waals surface area (Å²) in [4.78, 5) is 0. The zero-order valence-electron chi connectivity index (χ0n) is 7.65. The molecule has 0 amide bonds. The van der Waals surface area contributed by atoms with Crippen molar-refractivity contribution in [3.63, 3.8) is 0 Å². The molecule has 1 atom stereocenters. The fraction of sp³-hybridized carbons (Fsp3) is 1.00. The van der Waals surface area contributed by atoms with Crippen LogP contribution in [0.5, 0.6) is 0 Å². The van der Waals surface area contributed by atoms with Crippen LogP contribution in [-0.2, 0) is 4.74 Å². The van der Waals surface area contributed by atoms with E-state index in [-0.39, 0.29) is 5.60 Å². The largest absolute Gasteiger partial charge is 0.374 e. The summed E-state index contributed by atoms with van der Waals surface area (Å²) >= 11 is 0. The van der Waals surface area contributed by atoms with Gasteiger partial charge in [0.1, 0.15) is 0 Å². The molecule has 1 aliphatic heterocycles. The number of nitrogens with one attached hydrogen (secondary N) is 1. The third-order valence-corrected chi connectivity index (χ3v) is 2.53. The Morgan fingerprint density at radius 3 is 2.73 bits per heavy atom. The lowest BCUT2D eigenvalue weighted by atomic mass is 9.91. The lowest BCUT2D eigenvalue weighted by Gasteiger charge is -2.36. The van der Waals surface area contributed by atoms with E-state index in [1.165, 1.54) is 12.8 Å². The summed E-state index contributed by atoms with van der Waals surface area (Å²) in [6.07, 6.45) is 3.62. The van der Waals surface area contributed by atoms with Crippen molar-refractivity contribution in [2.45, 2.75) is 38.7 Å². The molecule has 11 heavy (non-hydrogen) atoms. The highest BCUT2D eigenvalue weighted by Crippen LogP contribution is 2.23. The molecular weight excluding hydrogens is 138 g/mol. The van der Waals surface area contributed by atoms with Gasteiger partial charge >= 0.3 is 0 Å². The highest BCUT2D eigenvalue weighted by atomic mass is 16.5. The molecule has 0 aliphatic carbocycles. The lowest BCUT2D eigenvalue weighted by molar-refractivity contribution is -0.0570. The number of ether oxygens (including phenoxy) is 1. The van der Waals surface area contributed by atoms with Crippen LogP contribution >= 0.6 is 0 Å². The average Bonchev–Trinajstić information content (AvgIpc) is 2.07. The predicted octanol–water partition coefficient (Wildman–Crippen LogP) is 1.56. The Balaban J connectivity index is 2.42. The molecule has 0 aromatic carbocycles. The van der Waals surface area contributed by atoms with Crippen molar-refractivity contribution < 1.29 is 4.74 Å². The highest BCUT2D eigenvalue weighted by molar-refractivity contribution is 4.85. The minimum Gasteiger partial charge on any atom is -0.374 e. The summed E-state index contributed by atoms with van der Waals surface area (Å²) in [7, 11) is 0. The molecule has 1 heterocycles. The summed E-state index contributed by atoms with van der Waals surface area (Å²) in [5.41, 5.74) is 0.160. The van der Waals surface area contributed by atoms with Crippen molar-refractivity contribution in [2.75, 3.05) is 19.7 Å². The topological polar surface area (TPSA) is 21.3 Å². The molecule has 1 N–H and O–H groups in total. The second-order valence-electron chi connectivity index (χ2n) is 3.25. The van der Waals surface area contributed by atoms with Gasteiger partial charge in [-0.3, -0.25) is 0 Å². The molecule has 0 bridgehead atoms. The average molecular weight is 157 g/mol. The SMILES string of the molecule is CCOC1(CC)CCCNC1. The standard InChI is InChI=1S/C9H19NO/c1-3-9(11-4-2)6-5-7-10-8-9/h10H,3-8H2,1-2H3. The maximum Gasteiger partial charge on any atom is 0.0803 e. The van der Waals surface area contributed by atoms with Crippen molar-refractivity contribution in [3.05, 3.63) is 0 Å². The molecule has 0 saturated carbocycles. The van der Waals surface area contributed by atoms with Crippen molar-refractivity contribution in [2.24, 2.45) is 0 Å². The fourth-order valence-corrected chi connectivity index (χ4v) is 1.77. The van der Waals surface area contributed by atoms with Crippen LogP contribution in [-0.4, -0.2) is 25.3 Å².